The van der Waals surface area contributed by atoms with Crippen LogP contribution >= 0.6 is 0 Å². The number of hydrogen-bond donors (Lipinski definition) is 1. The number of hydrogen-bond acceptors (Lipinski definition) is 2. The number of amides is 2. The molecule has 114 valence electrons. The quantitative estimate of drug-likeness (QED) is 0.908. The molecule has 1 spiro atoms. The molecule has 3 rings (SSSR count). The highest BCUT2D eigenvalue weighted by Crippen LogP contribution is 2.36. The van der Waals surface area contributed by atoms with Gasteiger partial charge in [0.15, 0.2) is 0 Å². The summed E-state index contributed by atoms with van der Waals surface area (Å²) < 4.78 is 0. The van der Waals surface area contributed by atoms with Gasteiger partial charge in [-0.1, -0.05) is 18.2 Å². The van der Waals surface area contributed by atoms with Crippen molar-refractivity contribution in [2.75, 3.05) is 25.5 Å². The fourth-order valence-corrected chi connectivity index (χ4v) is 3.72. The number of anilines is 1. The van der Waals surface area contributed by atoms with Crippen molar-refractivity contribution in [1.82, 2.24) is 10.2 Å². The Morgan fingerprint density at radius 1 is 1.24 bits per heavy atom. The van der Waals surface area contributed by atoms with E-state index in [1.807, 2.05) is 23.1 Å². The minimum absolute atomic E-state index is 0.0219. The average molecular weight is 287 g/mol. The summed E-state index contributed by atoms with van der Waals surface area (Å²) in [6.07, 6.45) is 4.47. The first-order chi connectivity index (χ1) is 10.0. The molecule has 2 fully saturated rings. The van der Waals surface area contributed by atoms with Gasteiger partial charge in [-0.2, -0.15) is 0 Å². The monoisotopic (exact) mass is 287 g/mol. The summed E-state index contributed by atoms with van der Waals surface area (Å²) in [6.45, 7) is 2.87. The number of urea groups is 1. The highest BCUT2D eigenvalue weighted by Gasteiger charge is 2.45. The van der Waals surface area contributed by atoms with Crippen molar-refractivity contribution in [1.29, 1.82) is 0 Å². The molecule has 1 saturated carbocycles. The van der Waals surface area contributed by atoms with Gasteiger partial charge in [0.1, 0.15) is 0 Å². The Kier molecular flexibility index (Phi) is 3.66. The van der Waals surface area contributed by atoms with E-state index >= 15 is 0 Å². The molecule has 0 radical (unpaired) electrons. The van der Waals surface area contributed by atoms with Gasteiger partial charge in [-0.25, -0.2) is 4.79 Å². The van der Waals surface area contributed by atoms with Crippen LogP contribution in [0.1, 0.15) is 31.2 Å². The third kappa shape index (κ3) is 2.64. The number of nitrogens with one attached hydrogen (secondary N) is 1. The van der Waals surface area contributed by atoms with Crippen LogP contribution in [-0.2, 0) is 0 Å². The van der Waals surface area contributed by atoms with Crippen molar-refractivity contribution in [2.45, 2.75) is 44.2 Å². The maximum Gasteiger partial charge on any atom is 0.322 e. The first-order valence-electron chi connectivity index (χ1n) is 7.82. The van der Waals surface area contributed by atoms with Crippen LogP contribution in [0.3, 0.4) is 0 Å². The van der Waals surface area contributed by atoms with Gasteiger partial charge in [0.25, 0.3) is 0 Å². The third-order valence-corrected chi connectivity index (χ3v) is 5.13. The first kappa shape index (κ1) is 14.4. The standard InChI is InChI=1S/C17H25N3O/c1-13-6-4-5-7-15(13)20-12-17(18-16(20)21)10-8-14(9-11-17)19(2)3/h4-7,14H,8-12H2,1-3H3,(H,18,21). The fraction of sp³-hybridized carbons (Fsp3) is 0.588. The highest BCUT2D eigenvalue weighted by molar-refractivity contribution is 5.96. The summed E-state index contributed by atoms with van der Waals surface area (Å²) in [7, 11) is 4.30. The topological polar surface area (TPSA) is 35.6 Å². The number of benzene rings is 1. The molecule has 1 aromatic rings. The number of rotatable bonds is 2. The van der Waals surface area contributed by atoms with Crippen molar-refractivity contribution in [3.8, 4) is 0 Å². The summed E-state index contributed by atoms with van der Waals surface area (Å²) in [5, 5.41) is 3.27. The van der Waals surface area contributed by atoms with Crippen molar-refractivity contribution in [3.05, 3.63) is 29.8 Å². The number of para-hydroxylation sites is 1. The number of carbonyl (C=O) groups is 1. The van der Waals surface area contributed by atoms with Crippen LogP contribution < -0.4 is 10.2 Å². The van der Waals surface area contributed by atoms with Gasteiger partial charge in [0.2, 0.25) is 0 Å². The van der Waals surface area contributed by atoms with Crippen LogP contribution in [0.25, 0.3) is 0 Å². The molecule has 4 heteroatoms. The normalized spacial score (nSPS) is 29.2. The molecule has 1 aromatic carbocycles. The van der Waals surface area contributed by atoms with E-state index in [1.54, 1.807) is 0 Å². The summed E-state index contributed by atoms with van der Waals surface area (Å²) in [5.41, 5.74) is 2.18. The molecule has 0 bridgehead atoms. The van der Waals surface area contributed by atoms with Crippen LogP contribution in [0.2, 0.25) is 0 Å². The van der Waals surface area contributed by atoms with Crippen molar-refractivity contribution in [2.24, 2.45) is 0 Å². The van der Waals surface area contributed by atoms with Crippen LogP contribution in [0.15, 0.2) is 24.3 Å². The molecule has 4 nitrogen and oxygen atoms in total. The zero-order valence-electron chi connectivity index (χ0n) is 13.2. The Morgan fingerprint density at radius 2 is 1.90 bits per heavy atom. The Hall–Kier alpha value is -1.55. The molecule has 2 aliphatic rings. The van der Waals surface area contributed by atoms with Gasteiger partial charge < -0.3 is 10.2 Å². The van der Waals surface area contributed by atoms with Gasteiger partial charge in [-0.15, -0.1) is 0 Å². The molecular formula is C17H25N3O. The summed E-state index contributed by atoms with van der Waals surface area (Å²) >= 11 is 0. The van der Waals surface area contributed by atoms with Crippen LogP contribution in [-0.4, -0.2) is 43.2 Å². The molecular weight excluding hydrogens is 262 g/mol. The lowest BCUT2D eigenvalue weighted by Gasteiger charge is -2.39. The number of nitrogens with zero attached hydrogens (tertiary/aromatic N) is 2. The van der Waals surface area contributed by atoms with E-state index in [-0.39, 0.29) is 11.6 Å². The van der Waals surface area contributed by atoms with Crippen LogP contribution in [0.5, 0.6) is 0 Å². The molecule has 1 saturated heterocycles. The predicted molar refractivity (Wildman–Crippen MR) is 85.7 cm³/mol. The lowest BCUT2D eigenvalue weighted by Crippen LogP contribution is -2.49. The van der Waals surface area contributed by atoms with Gasteiger partial charge in [0, 0.05) is 11.7 Å². The maximum absolute atomic E-state index is 12.4. The minimum Gasteiger partial charge on any atom is -0.330 e. The van der Waals surface area contributed by atoms with Crippen molar-refractivity contribution in [3.63, 3.8) is 0 Å². The fourth-order valence-electron chi connectivity index (χ4n) is 3.72. The molecule has 1 N–H and O–H groups in total. The van der Waals surface area contributed by atoms with Crippen LogP contribution in [0, 0.1) is 6.92 Å². The second-order valence-electron chi connectivity index (χ2n) is 6.78. The summed E-state index contributed by atoms with van der Waals surface area (Å²) in [5.74, 6) is 0. The molecule has 1 aliphatic heterocycles. The predicted octanol–water partition coefficient (Wildman–Crippen LogP) is 2.77. The number of carbonyl (C=O) groups excluding carboxylic acids is 1. The zero-order chi connectivity index (χ0) is 15.0. The Labute approximate surface area is 127 Å². The summed E-state index contributed by atoms with van der Waals surface area (Å²) in [4.78, 5) is 16.7. The van der Waals surface area contributed by atoms with E-state index in [2.05, 4.69) is 37.3 Å². The molecule has 21 heavy (non-hydrogen) atoms. The van der Waals surface area contributed by atoms with Crippen LogP contribution in [0.4, 0.5) is 10.5 Å². The van der Waals surface area contributed by atoms with E-state index < -0.39 is 0 Å². The van der Waals surface area contributed by atoms with Gasteiger partial charge in [-0.05, 0) is 58.3 Å². The van der Waals surface area contributed by atoms with E-state index in [9.17, 15) is 4.79 Å². The molecule has 0 unspecified atom stereocenters. The Balaban J connectivity index is 1.75. The second-order valence-corrected chi connectivity index (χ2v) is 6.78. The maximum atomic E-state index is 12.4. The van der Waals surface area contributed by atoms with Gasteiger partial charge in [-0.3, -0.25) is 4.90 Å². The minimum atomic E-state index is -0.0219. The highest BCUT2D eigenvalue weighted by atomic mass is 16.2. The lowest BCUT2D eigenvalue weighted by molar-refractivity contribution is 0.168. The van der Waals surface area contributed by atoms with E-state index in [0.29, 0.717) is 6.04 Å². The SMILES string of the molecule is Cc1ccccc1N1CC2(CCC(N(C)C)CC2)NC1=O. The zero-order valence-corrected chi connectivity index (χ0v) is 13.2. The lowest BCUT2D eigenvalue weighted by atomic mass is 9.79. The molecule has 1 aliphatic carbocycles. The molecule has 2 amide bonds. The van der Waals surface area contributed by atoms with E-state index in [4.69, 9.17) is 0 Å². The molecule has 0 aromatic heterocycles. The Morgan fingerprint density at radius 3 is 2.52 bits per heavy atom. The number of aryl methyl sites for hydroxylation is 1. The molecule has 1 heterocycles. The average Bonchev–Trinajstić information content (AvgIpc) is 2.76. The smallest absolute Gasteiger partial charge is 0.322 e. The molecule has 0 atom stereocenters. The van der Waals surface area contributed by atoms with Crippen molar-refractivity contribution < 1.29 is 4.79 Å². The van der Waals surface area contributed by atoms with E-state index in [1.165, 1.54) is 0 Å². The van der Waals surface area contributed by atoms with E-state index in [0.717, 1.165) is 43.5 Å². The van der Waals surface area contributed by atoms with Gasteiger partial charge >= 0.3 is 6.03 Å². The Bertz CT molecular complexity index is 533. The first-order valence-corrected chi connectivity index (χ1v) is 7.82. The van der Waals surface area contributed by atoms with Crippen molar-refractivity contribution >= 4 is 11.7 Å². The van der Waals surface area contributed by atoms with Gasteiger partial charge in [0.05, 0.1) is 12.1 Å². The summed E-state index contributed by atoms with van der Waals surface area (Å²) in [6, 6.07) is 8.84. The largest absolute Gasteiger partial charge is 0.330 e. The third-order valence-electron chi connectivity index (χ3n) is 5.13. The second kappa shape index (κ2) is 5.34.